The average molecular weight is 420 g/mol. The van der Waals surface area contributed by atoms with Crippen LogP contribution in [0.2, 0.25) is 0 Å². The number of hydrogen-bond acceptors (Lipinski definition) is 8. The van der Waals surface area contributed by atoms with Crippen LogP contribution in [0.1, 0.15) is 11.5 Å². The van der Waals surface area contributed by atoms with Gasteiger partial charge in [-0.1, -0.05) is 12.1 Å². The highest BCUT2D eigenvalue weighted by Crippen LogP contribution is 2.32. The van der Waals surface area contributed by atoms with Gasteiger partial charge >= 0.3 is 0 Å². The average Bonchev–Trinajstić information content (AvgIpc) is 3.49. The first-order chi connectivity index (χ1) is 14.2. The minimum atomic E-state index is -0.250. The highest BCUT2D eigenvalue weighted by atomic mass is 32.2. The number of nitrogens with one attached hydrogen (secondary N) is 1. The number of furan rings is 2. The molecule has 0 spiro atoms. The smallest absolute Gasteiger partial charge is 0.264 e. The number of carbonyl (C=O) groups is 1. The molecule has 1 amide bonds. The number of thioether (sulfide) groups is 1. The largest absolute Gasteiger partial charge is 0.463 e. The predicted octanol–water partition coefficient (Wildman–Crippen LogP) is 4.74. The molecule has 0 radical (unpaired) electrons. The number of benzene rings is 1. The zero-order valence-corrected chi connectivity index (χ0v) is 16.4. The van der Waals surface area contributed by atoms with Gasteiger partial charge in [0.25, 0.3) is 5.91 Å². The molecule has 0 bridgehead atoms. The molecule has 1 aromatic carbocycles. The molecule has 7 nitrogen and oxygen atoms in total. The number of aromatic nitrogens is 1. The SMILES string of the molecule is O=C1N/C(=N\N=C\c2ccco2)S/C1=C/c1ccc(-c2nc3ccccc3s2)o1. The van der Waals surface area contributed by atoms with Crippen LogP contribution in [-0.4, -0.2) is 22.3 Å². The minimum absolute atomic E-state index is 0.250. The van der Waals surface area contributed by atoms with Crippen LogP contribution in [0.5, 0.6) is 0 Å². The van der Waals surface area contributed by atoms with Crippen molar-refractivity contribution >= 4 is 56.7 Å². The van der Waals surface area contributed by atoms with Gasteiger partial charge in [-0.25, -0.2) is 4.98 Å². The summed E-state index contributed by atoms with van der Waals surface area (Å²) in [5, 5.41) is 11.8. The summed E-state index contributed by atoms with van der Waals surface area (Å²) in [5.74, 6) is 1.56. The number of fused-ring (bicyclic) bond motifs is 1. The van der Waals surface area contributed by atoms with E-state index < -0.39 is 0 Å². The van der Waals surface area contributed by atoms with E-state index in [4.69, 9.17) is 8.83 Å². The second kappa shape index (κ2) is 7.53. The van der Waals surface area contributed by atoms with Gasteiger partial charge in [0, 0.05) is 6.08 Å². The third kappa shape index (κ3) is 3.78. The van der Waals surface area contributed by atoms with E-state index in [-0.39, 0.29) is 5.91 Å². The van der Waals surface area contributed by atoms with Crippen LogP contribution < -0.4 is 5.32 Å². The fourth-order valence-corrected chi connectivity index (χ4v) is 4.32. The zero-order valence-electron chi connectivity index (χ0n) is 14.7. The summed E-state index contributed by atoms with van der Waals surface area (Å²) in [6, 6.07) is 15.1. The highest BCUT2D eigenvalue weighted by molar-refractivity contribution is 8.18. The van der Waals surface area contributed by atoms with Crippen LogP contribution in [0.15, 0.2) is 78.7 Å². The van der Waals surface area contributed by atoms with Crippen molar-refractivity contribution in [1.82, 2.24) is 10.3 Å². The Morgan fingerprint density at radius 3 is 2.86 bits per heavy atom. The third-order valence-electron chi connectivity index (χ3n) is 3.93. The van der Waals surface area contributed by atoms with Crippen LogP contribution in [0.4, 0.5) is 0 Å². The number of thiazole rings is 1. The van der Waals surface area contributed by atoms with Crippen molar-refractivity contribution in [1.29, 1.82) is 0 Å². The molecule has 9 heteroatoms. The van der Waals surface area contributed by atoms with Gasteiger partial charge in [-0.2, -0.15) is 5.10 Å². The fourth-order valence-electron chi connectivity index (χ4n) is 2.63. The molecule has 5 rings (SSSR count). The van der Waals surface area contributed by atoms with Gasteiger partial charge in [-0.3, -0.25) is 10.1 Å². The maximum absolute atomic E-state index is 12.2. The predicted molar refractivity (Wildman–Crippen MR) is 115 cm³/mol. The second-order valence-electron chi connectivity index (χ2n) is 5.92. The molecule has 142 valence electrons. The number of amidine groups is 1. The van der Waals surface area contributed by atoms with Crippen molar-refractivity contribution < 1.29 is 13.6 Å². The van der Waals surface area contributed by atoms with Crippen LogP contribution in [0.25, 0.3) is 27.1 Å². The van der Waals surface area contributed by atoms with Crippen molar-refractivity contribution in [3.05, 3.63) is 71.2 Å². The van der Waals surface area contributed by atoms with E-state index in [1.807, 2.05) is 36.4 Å². The lowest BCUT2D eigenvalue weighted by atomic mass is 10.3. The summed E-state index contributed by atoms with van der Waals surface area (Å²) in [7, 11) is 0. The summed E-state index contributed by atoms with van der Waals surface area (Å²) in [5.41, 5.74) is 0.936. The second-order valence-corrected chi connectivity index (χ2v) is 7.98. The monoisotopic (exact) mass is 420 g/mol. The maximum Gasteiger partial charge on any atom is 0.264 e. The first-order valence-electron chi connectivity index (χ1n) is 8.56. The number of nitrogens with zero attached hydrogens (tertiary/aromatic N) is 3. The Hall–Kier alpha value is -3.43. The van der Waals surface area contributed by atoms with Gasteiger partial charge in [-0.05, 0) is 48.2 Å². The molecular weight excluding hydrogens is 408 g/mol. The van der Waals surface area contributed by atoms with Crippen molar-refractivity contribution in [3.63, 3.8) is 0 Å². The molecule has 0 unspecified atom stereocenters. The topological polar surface area (TPSA) is 93.0 Å². The summed E-state index contributed by atoms with van der Waals surface area (Å²) in [4.78, 5) is 17.2. The molecular formula is C20H12N4O3S2. The Bertz CT molecular complexity index is 1250. The lowest BCUT2D eigenvalue weighted by Gasteiger charge is -1.90. The van der Waals surface area contributed by atoms with Crippen molar-refractivity contribution in [3.8, 4) is 10.8 Å². The van der Waals surface area contributed by atoms with Gasteiger partial charge in [0.15, 0.2) is 15.9 Å². The lowest BCUT2D eigenvalue weighted by molar-refractivity contribution is -0.115. The van der Waals surface area contributed by atoms with E-state index in [0.29, 0.717) is 27.4 Å². The molecule has 1 saturated heterocycles. The molecule has 1 aliphatic rings. The molecule has 0 aliphatic carbocycles. The molecule has 3 aromatic heterocycles. The van der Waals surface area contributed by atoms with Gasteiger partial charge < -0.3 is 8.83 Å². The molecule has 4 heterocycles. The van der Waals surface area contributed by atoms with E-state index in [1.165, 1.54) is 18.0 Å². The van der Waals surface area contributed by atoms with Crippen LogP contribution >= 0.6 is 23.1 Å². The number of amides is 1. The van der Waals surface area contributed by atoms with Crippen molar-refractivity contribution in [2.24, 2.45) is 10.2 Å². The third-order valence-corrected chi connectivity index (χ3v) is 5.88. The Labute approximate surface area is 172 Å². The first-order valence-corrected chi connectivity index (χ1v) is 10.2. The molecule has 0 saturated carbocycles. The van der Waals surface area contributed by atoms with Crippen molar-refractivity contribution in [2.45, 2.75) is 0 Å². The van der Waals surface area contributed by atoms with E-state index in [0.717, 1.165) is 15.2 Å². The Morgan fingerprint density at radius 1 is 1.07 bits per heavy atom. The van der Waals surface area contributed by atoms with Gasteiger partial charge in [0.05, 0.1) is 27.6 Å². The Morgan fingerprint density at radius 2 is 2.00 bits per heavy atom. The number of carbonyl (C=O) groups excluding carboxylic acids is 1. The van der Waals surface area contributed by atoms with E-state index in [9.17, 15) is 4.79 Å². The lowest BCUT2D eigenvalue weighted by Crippen LogP contribution is -2.19. The summed E-state index contributed by atoms with van der Waals surface area (Å²) >= 11 is 2.76. The molecule has 1 fully saturated rings. The zero-order chi connectivity index (χ0) is 19.6. The summed E-state index contributed by atoms with van der Waals surface area (Å²) in [6.07, 6.45) is 4.70. The number of hydrogen-bond donors (Lipinski definition) is 1. The van der Waals surface area contributed by atoms with Crippen LogP contribution in [-0.2, 0) is 4.79 Å². The van der Waals surface area contributed by atoms with Crippen molar-refractivity contribution in [2.75, 3.05) is 0 Å². The first kappa shape index (κ1) is 17.7. The molecule has 1 aliphatic heterocycles. The quantitative estimate of drug-likeness (QED) is 0.292. The molecule has 0 atom stereocenters. The van der Waals surface area contributed by atoms with E-state index >= 15 is 0 Å². The van der Waals surface area contributed by atoms with Crippen LogP contribution in [0.3, 0.4) is 0 Å². The van der Waals surface area contributed by atoms with E-state index in [2.05, 4.69) is 20.5 Å². The number of para-hydroxylation sites is 1. The van der Waals surface area contributed by atoms with Gasteiger partial charge in [0.2, 0.25) is 0 Å². The molecule has 1 N–H and O–H groups in total. The number of rotatable bonds is 4. The minimum Gasteiger partial charge on any atom is -0.463 e. The standard InChI is InChI=1S/C20H12N4O3S2/c25-18-17(29-20(23-18)24-21-11-13-4-3-9-26-13)10-12-7-8-15(27-12)19-22-14-5-1-2-6-16(14)28-19/h1-11H,(H,23,24,25)/b17-10+,21-11+. The molecule has 29 heavy (non-hydrogen) atoms. The van der Waals surface area contributed by atoms with Gasteiger partial charge in [-0.15, -0.1) is 16.4 Å². The summed E-state index contributed by atoms with van der Waals surface area (Å²) < 4.78 is 12.1. The Balaban J connectivity index is 1.33. The van der Waals surface area contributed by atoms with E-state index in [1.54, 1.807) is 35.8 Å². The normalized spacial score (nSPS) is 17.2. The van der Waals surface area contributed by atoms with Crippen LogP contribution in [0, 0.1) is 0 Å². The Kier molecular flexibility index (Phi) is 4.59. The summed E-state index contributed by atoms with van der Waals surface area (Å²) in [6.45, 7) is 0. The highest BCUT2D eigenvalue weighted by Gasteiger charge is 2.24. The maximum atomic E-state index is 12.2. The fraction of sp³-hybridized carbons (Fsp3) is 0. The van der Waals surface area contributed by atoms with Gasteiger partial charge in [0.1, 0.15) is 11.5 Å². The molecule has 4 aromatic rings.